The molecule has 0 rings (SSSR count). The van der Waals surface area contributed by atoms with Gasteiger partial charge in [0, 0.05) is 0 Å². The lowest BCUT2D eigenvalue weighted by Crippen LogP contribution is -1.99. The van der Waals surface area contributed by atoms with Crippen LogP contribution in [-0.2, 0) is 0 Å². The molecule has 0 heteroatoms. The Kier molecular flexibility index (Phi) is 16.1. The minimum atomic E-state index is 0.914. The molecule has 0 aromatic heterocycles. The molecule has 0 N–H and O–H groups in total. The molecule has 0 saturated carbocycles. The van der Waals surface area contributed by atoms with Gasteiger partial charge in [-0.2, -0.15) is 0 Å². The predicted octanol–water partition coefficient (Wildman–Crippen LogP) is 7.33. The average Bonchev–Trinajstić information content (AvgIpc) is 2.44. The van der Waals surface area contributed by atoms with Crippen LogP contribution in [0.3, 0.4) is 0 Å². The van der Waals surface area contributed by atoms with Crippen molar-refractivity contribution in [2.24, 2.45) is 5.92 Å². The fourth-order valence-electron chi connectivity index (χ4n) is 2.86. The molecule has 0 spiro atoms. The maximum Gasteiger partial charge on any atom is -0.0414 e. The van der Waals surface area contributed by atoms with Gasteiger partial charge in [-0.05, 0) is 5.92 Å². The summed E-state index contributed by atoms with van der Waals surface area (Å²) in [6.07, 6.45) is 21.2. The Morgan fingerprint density at radius 2 is 0.947 bits per heavy atom. The van der Waals surface area contributed by atoms with Crippen molar-refractivity contribution in [3.8, 4) is 0 Å². The summed E-state index contributed by atoms with van der Waals surface area (Å²) in [5, 5.41) is 0. The first-order valence-corrected chi connectivity index (χ1v) is 9.14. The van der Waals surface area contributed by atoms with Crippen molar-refractivity contribution in [2.45, 2.75) is 110 Å². The number of hydrogen-bond donors (Lipinski definition) is 0. The largest absolute Gasteiger partial charge is 0.0654 e. The van der Waals surface area contributed by atoms with Crippen molar-refractivity contribution in [3.63, 3.8) is 0 Å². The highest BCUT2D eigenvalue weighted by molar-refractivity contribution is 4.62. The lowest BCUT2D eigenvalue weighted by Gasteiger charge is -2.14. The van der Waals surface area contributed by atoms with Gasteiger partial charge in [-0.25, -0.2) is 0 Å². The molecular weight excluding hydrogens is 228 g/mol. The van der Waals surface area contributed by atoms with Crippen LogP contribution >= 0.6 is 0 Å². The molecule has 0 nitrogen and oxygen atoms in total. The van der Waals surface area contributed by atoms with Crippen LogP contribution in [0.25, 0.3) is 0 Å². The molecule has 0 aliphatic heterocycles. The fourth-order valence-corrected chi connectivity index (χ4v) is 2.86. The van der Waals surface area contributed by atoms with Crippen LogP contribution in [0, 0.1) is 12.8 Å². The van der Waals surface area contributed by atoms with Crippen molar-refractivity contribution >= 4 is 0 Å². The van der Waals surface area contributed by atoms with Gasteiger partial charge in [-0.15, -0.1) is 0 Å². The number of rotatable bonds is 15. The van der Waals surface area contributed by atoms with Gasteiger partial charge in [0.15, 0.2) is 0 Å². The lowest BCUT2D eigenvalue weighted by atomic mass is 9.92. The van der Waals surface area contributed by atoms with Crippen LogP contribution in [0.1, 0.15) is 110 Å². The molecule has 1 unspecified atom stereocenters. The zero-order valence-corrected chi connectivity index (χ0v) is 13.9. The molecule has 0 amide bonds. The summed E-state index contributed by atoms with van der Waals surface area (Å²) in [5.74, 6) is 0.914. The van der Waals surface area contributed by atoms with Crippen molar-refractivity contribution in [1.29, 1.82) is 0 Å². The quantitative estimate of drug-likeness (QED) is 0.272. The predicted molar refractivity (Wildman–Crippen MR) is 89.5 cm³/mol. The first-order valence-electron chi connectivity index (χ1n) is 9.14. The minimum Gasteiger partial charge on any atom is -0.0654 e. The third-order valence-corrected chi connectivity index (χ3v) is 4.34. The van der Waals surface area contributed by atoms with Crippen molar-refractivity contribution < 1.29 is 0 Å². The molecule has 0 aliphatic carbocycles. The standard InChI is InChI=1S/C19H39/c1-4-7-9-11-12-13-14-16-18-19(6-3)17-15-10-8-5-2/h19H,3-18H2,1-2H3. The van der Waals surface area contributed by atoms with Gasteiger partial charge in [0.05, 0.1) is 0 Å². The molecule has 1 radical (unpaired) electrons. The Labute approximate surface area is 123 Å². The van der Waals surface area contributed by atoms with Crippen LogP contribution in [0.4, 0.5) is 0 Å². The molecular formula is C19H39. The molecule has 0 aromatic carbocycles. The molecule has 0 aliphatic rings. The maximum atomic E-state index is 4.13. The van der Waals surface area contributed by atoms with Crippen molar-refractivity contribution in [2.75, 3.05) is 0 Å². The van der Waals surface area contributed by atoms with Gasteiger partial charge in [-0.3, -0.25) is 0 Å². The van der Waals surface area contributed by atoms with Crippen molar-refractivity contribution in [1.82, 2.24) is 0 Å². The highest BCUT2D eigenvalue weighted by Crippen LogP contribution is 2.21. The summed E-state index contributed by atoms with van der Waals surface area (Å²) in [7, 11) is 0. The summed E-state index contributed by atoms with van der Waals surface area (Å²) in [6.45, 7) is 8.72. The topological polar surface area (TPSA) is 0 Å². The summed E-state index contributed by atoms with van der Waals surface area (Å²) in [4.78, 5) is 0. The van der Waals surface area contributed by atoms with Crippen LogP contribution in [0.2, 0.25) is 0 Å². The Hall–Kier alpha value is 0. The van der Waals surface area contributed by atoms with E-state index in [2.05, 4.69) is 20.8 Å². The normalized spacial score (nSPS) is 12.8. The Morgan fingerprint density at radius 1 is 0.579 bits per heavy atom. The van der Waals surface area contributed by atoms with Gasteiger partial charge in [-0.1, -0.05) is 117 Å². The highest BCUT2D eigenvalue weighted by Gasteiger charge is 2.05. The fraction of sp³-hybridized carbons (Fsp3) is 0.947. The van der Waals surface area contributed by atoms with E-state index in [0.29, 0.717) is 0 Å². The molecule has 1 atom stereocenters. The second-order valence-electron chi connectivity index (χ2n) is 6.27. The summed E-state index contributed by atoms with van der Waals surface area (Å²) in [5.41, 5.74) is 0. The average molecular weight is 268 g/mol. The van der Waals surface area contributed by atoms with E-state index >= 15 is 0 Å². The molecule has 19 heavy (non-hydrogen) atoms. The second kappa shape index (κ2) is 16.1. The Morgan fingerprint density at radius 3 is 1.37 bits per heavy atom. The third kappa shape index (κ3) is 14.2. The first kappa shape index (κ1) is 19.0. The summed E-state index contributed by atoms with van der Waals surface area (Å²) in [6, 6.07) is 0. The molecule has 0 aromatic rings. The maximum absolute atomic E-state index is 4.13. The molecule has 115 valence electrons. The minimum absolute atomic E-state index is 0.914. The summed E-state index contributed by atoms with van der Waals surface area (Å²) < 4.78 is 0. The van der Waals surface area contributed by atoms with Crippen LogP contribution in [-0.4, -0.2) is 0 Å². The van der Waals surface area contributed by atoms with E-state index in [0.717, 1.165) is 12.3 Å². The van der Waals surface area contributed by atoms with Crippen molar-refractivity contribution in [3.05, 3.63) is 6.92 Å². The van der Waals surface area contributed by atoms with E-state index in [-0.39, 0.29) is 0 Å². The Bertz CT molecular complexity index is 150. The van der Waals surface area contributed by atoms with Crippen LogP contribution in [0.5, 0.6) is 0 Å². The van der Waals surface area contributed by atoms with E-state index in [4.69, 9.17) is 0 Å². The van der Waals surface area contributed by atoms with E-state index in [9.17, 15) is 0 Å². The van der Waals surface area contributed by atoms with E-state index in [1.165, 1.54) is 89.9 Å². The SMILES string of the molecule is [CH2]CC(CCCCCC)CCCCCCCCCC. The number of unbranched alkanes of at least 4 members (excludes halogenated alkanes) is 10. The van der Waals surface area contributed by atoms with E-state index in [1.54, 1.807) is 0 Å². The van der Waals surface area contributed by atoms with Gasteiger partial charge in [0.2, 0.25) is 0 Å². The first-order chi connectivity index (χ1) is 9.35. The van der Waals surface area contributed by atoms with Gasteiger partial charge < -0.3 is 0 Å². The number of hydrogen-bond acceptors (Lipinski definition) is 0. The zero-order valence-electron chi connectivity index (χ0n) is 13.9. The molecule has 0 fully saturated rings. The van der Waals surface area contributed by atoms with Crippen LogP contribution in [0.15, 0.2) is 0 Å². The highest BCUT2D eigenvalue weighted by atomic mass is 14.1. The smallest absolute Gasteiger partial charge is 0.0414 e. The van der Waals surface area contributed by atoms with E-state index < -0.39 is 0 Å². The van der Waals surface area contributed by atoms with Crippen LogP contribution < -0.4 is 0 Å². The lowest BCUT2D eigenvalue weighted by molar-refractivity contribution is 0.406. The monoisotopic (exact) mass is 267 g/mol. The molecule has 0 bridgehead atoms. The van der Waals surface area contributed by atoms with Gasteiger partial charge >= 0.3 is 0 Å². The third-order valence-electron chi connectivity index (χ3n) is 4.34. The van der Waals surface area contributed by atoms with Gasteiger partial charge in [0.25, 0.3) is 0 Å². The van der Waals surface area contributed by atoms with E-state index in [1.807, 2.05) is 0 Å². The molecule has 0 saturated heterocycles. The van der Waals surface area contributed by atoms with Gasteiger partial charge in [0.1, 0.15) is 0 Å². The molecule has 0 heterocycles. The zero-order chi connectivity index (χ0) is 14.2. The second-order valence-corrected chi connectivity index (χ2v) is 6.27. The summed E-state index contributed by atoms with van der Waals surface area (Å²) >= 11 is 0. The Balaban J connectivity index is 3.26.